The zero-order chi connectivity index (χ0) is 14.8. The van der Waals surface area contributed by atoms with Crippen LogP contribution in [0.2, 0.25) is 0 Å². The van der Waals surface area contributed by atoms with Crippen LogP contribution in [0.3, 0.4) is 0 Å². The minimum Gasteiger partial charge on any atom is -0.469 e. The third-order valence-electron chi connectivity index (χ3n) is 4.22. The highest BCUT2D eigenvalue weighted by Gasteiger charge is 2.43. The first kappa shape index (κ1) is 15.0. The van der Waals surface area contributed by atoms with Gasteiger partial charge in [-0.1, -0.05) is 18.9 Å². The van der Waals surface area contributed by atoms with Crippen LogP contribution in [0.5, 0.6) is 0 Å². The first-order chi connectivity index (χ1) is 9.50. The van der Waals surface area contributed by atoms with E-state index < -0.39 is 5.41 Å². The van der Waals surface area contributed by atoms with Gasteiger partial charge >= 0.3 is 5.97 Å². The lowest BCUT2D eigenvalue weighted by atomic mass is 9.76. The Morgan fingerprint density at radius 1 is 1.50 bits per heavy atom. The largest absolute Gasteiger partial charge is 0.469 e. The number of halogens is 1. The van der Waals surface area contributed by atoms with E-state index >= 15 is 0 Å². The number of benzene rings is 1. The van der Waals surface area contributed by atoms with E-state index in [1.807, 2.05) is 6.92 Å². The van der Waals surface area contributed by atoms with Crippen LogP contribution in [0.15, 0.2) is 18.2 Å². The van der Waals surface area contributed by atoms with Crippen LogP contribution in [0.1, 0.15) is 30.4 Å². The Hall–Kier alpha value is -1.42. The molecule has 2 N–H and O–H groups in total. The summed E-state index contributed by atoms with van der Waals surface area (Å²) in [5, 5.41) is 0. The van der Waals surface area contributed by atoms with Crippen LogP contribution >= 0.6 is 0 Å². The van der Waals surface area contributed by atoms with E-state index in [0.29, 0.717) is 12.3 Å². The molecular weight excluding hydrogens is 257 g/mol. The maximum atomic E-state index is 13.2. The predicted octanol–water partition coefficient (Wildman–Crippen LogP) is 2.59. The molecule has 1 atom stereocenters. The molecule has 1 aromatic rings. The van der Waals surface area contributed by atoms with Crippen molar-refractivity contribution in [3.63, 3.8) is 0 Å². The first-order valence-electron chi connectivity index (χ1n) is 7.04. The third kappa shape index (κ3) is 3.18. The van der Waals surface area contributed by atoms with E-state index in [-0.39, 0.29) is 18.3 Å². The van der Waals surface area contributed by atoms with Crippen molar-refractivity contribution in [2.75, 3.05) is 13.7 Å². The molecule has 20 heavy (non-hydrogen) atoms. The van der Waals surface area contributed by atoms with Gasteiger partial charge in [0, 0.05) is 6.54 Å². The molecule has 1 unspecified atom stereocenters. The summed E-state index contributed by atoms with van der Waals surface area (Å²) in [6.45, 7) is 2.11. The highest BCUT2D eigenvalue weighted by atomic mass is 19.1. The minimum absolute atomic E-state index is 0.254. The molecule has 0 aromatic heterocycles. The molecule has 1 aliphatic rings. The fourth-order valence-electron chi connectivity index (χ4n) is 2.78. The number of hydrogen-bond acceptors (Lipinski definition) is 3. The molecule has 0 saturated heterocycles. The maximum Gasteiger partial charge on any atom is 0.313 e. The van der Waals surface area contributed by atoms with Gasteiger partial charge in [-0.05, 0) is 48.9 Å². The number of methoxy groups -OCH3 is 1. The molecule has 110 valence electrons. The second-order valence-electron chi connectivity index (χ2n) is 5.87. The van der Waals surface area contributed by atoms with E-state index in [0.717, 1.165) is 30.4 Å². The monoisotopic (exact) mass is 279 g/mol. The number of ether oxygens (including phenoxy) is 1. The summed E-state index contributed by atoms with van der Waals surface area (Å²) in [5.74, 6) is 0.0545. The number of hydrogen-bond donors (Lipinski definition) is 1. The van der Waals surface area contributed by atoms with Crippen molar-refractivity contribution in [3.8, 4) is 0 Å². The van der Waals surface area contributed by atoms with Gasteiger partial charge in [-0.15, -0.1) is 0 Å². The van der Waals surface area contributed by atoms with Gasteiger partial charge < -0.3 is 10.5 Å². The van der Waals surface area contributed by atoms with Crippen molar-refractivity contribution >= 4 is 5.97 Å². The minimum atomic E-state index is -0.682. The van der Waals surface area contributed by atoms with Crippen molar-refractivity contribution in [1.82, 2.24) is 0 Å². The Bertz CT molecular complexity index is 499. The second-order valence-corrected chi connectivity index (χ2v) is 5.87. The zero-order valence-corrected chi connectivity index (χ0v) is 12.1. The lowest BCUT2D eigenvalue weighted by Crippen LogP contribution is -2.42. The normalized spacial score (nSPS) is 17.6. The molecule has 4 heteroatoms. The lowest BCUT2D eigenvalue weighted by Gasteiger charge is -2.30. The summed E-state index contributed by atoms with van der Waals surface area (Å²) < 4.78 is 18.2. The standard InChI is InChI=1S/C16H22FNO2/c1-11-7-14(17)6-5-13(11)9-16(10-18,15(19)20-2)8-12-3-4-12/h5-7,12H,3-4,8-10,18H2,1-2H3. The van der Waals surface area contributed by atoms with E-state index in [1.54, 1.807) is 6.07 Å². The summed E-state index contributed by atoms with van der Waals surface area (Å²) in [5.41, 5.74) is 7.04. The molecule has 0 spiro atoms. The van der Waals surface area contributed by atoms with E-state index in [4.69, 9.17) is 10.5 Å². The number of rotatable bonds is 6. The summed E-state index contributed by atoms with van der Waals surface area (Å²) in [4.78, 5) is 12.2. The maximum absolute atomic E-state index is 13.2. The average molecular weight is 279 g/mol. The van der Waals surface area contributed by atoms with Crippen molar-refractivity contribution in [3.05, 3.63) is 35.1 Å². The quantitative estimate of drug-likeness (QED) is 0.814. The van der Waals surface area contributed by atoms with Crippen molar-refractivity contribution < 1.29 is 13.9 Å². The summed E-state index contributed by atoms with van der Waals surface area (Å²) >= 11 is 0. The SMILES string of the molecule is COC(=O)C(CN)(Cc1ccc(F)cc1C)CC1CC1. The number of aryl methyl sites for hydroxylation is 1. The molecular formula is C16H22FNO2. The highest BCUT2D eigenvalue weighted by Crippen LogP contribution is 2.42. The number of nitrogens with two attached hydrogens (primary N) is 1. The van der Waals surface area contributed by atoms with Crippen LogP contribution in [-0.2, 0) is 16.0 Å². The molecule has 1 fully saturated rings. The number of esters is 1. The Balaban J connectivity index is 2.27. The summed E-state index contributed by atoms with van der Waals surface area (Å²) in [6.07, 6.45) is 3.58. The molecule has 0 amide bonds. The predicted molar refractivity (Wildman–Crippen MR) is 75.7 cm³/mol. The molecule has 1 aromatic carbocycles. The van der Waals surface area contributed by atoms with Crippen LogP contribution < -0.4 is 5.73 Å². The van der Waals surface area contributed by atoms with Crippen LogP contribution in [0.4, 0.5) is 4.39 Å². The fraction of sp³-hybridized carbons (Fsp3) is 0.562. The highest BCUT2D eigenvalue weighted by molar-refractivity contribution is 5.77. The number of carbonyl (C=O) groups excluding carboxylic acids is 1. The summed E-state index contributed by atoms with van der Waals surface area (Å²) in [6, 6.07) is 4.66. The van der Waals surface area contributed by atoms with Gasteiger partial charge in [-0.2, -0.15) is 0 Å². The lowest BCUT2D eigenvalue weighted by molar-refractivity contribution is -0.153. The Labute approximate surface area is 119 Å². The Morgan fingerprint density at radius 2 is 2.20 bits per heavy atom. The van der Waals surface area contributed by atoms with Crippen LogP contribution in [0, 0.1) is 24.1 Å². The van der Waals surface area contributed by atoms with Gasteiger partial charge in [-0.25, -0.2) is 4.39 Å². The molecule has 0 heterocycles. The van der Waals surface area contributed by atoms with E-state index in [2.05, 4.69) is 0 Å². The number of carbonyl (C=O) groups is 1. The molecule has 0 radical (unpaired) electrons. The Kier molecular flexibility index (Phi) is 4.43. The molecule has 2 rings (SSSR count). The molecule has 0 aliphatic heterocycles. The van der Waals surface area contributed by atoms with Crippen molar-refractivity contribution in [2.45, 2.75) is 32.6 Å². The van der Waals surface area contributed by atoms with Gasteiger partial charge in [0.2, 0.25) is 0 Å². The van der Waals surface area contributed by atoms with E-state index in [9.17, 15) is 9.18 Å². The van der Waals surface area contributed by atoms with Gasteiger partial charge in [0.1, 0.15) is 5.82 Å². The molecule has 1 saturated carbocycles. The second kappa shape index (κ2) is 5.92. The molecule has 1 aliphatic carbocycles. The zero-order valence-electron chi connectivity index (χ0n) is 12.1. The van der Waals surface area contributed by atoms with Crippen LogP contribution in [0.25, 0.3) is 0 Å². The molecule has 3 nitrogen and oxygen atoms in total. The smallest absolute Gasteiger partial charge is 0.313 e. The van der Waals surface area contributed by atoms with Gasteiger partial charge in [0.25, 0.3) is 0 Å². The van der Waals surface area contributed by atoms with Crippen molar-refractivity contribution in [2.24, 2.45) is 17.1 Å². The Morgan fingerprint density at radius 3 is 2.70 bits per heavy atom. The average Bonchev–Trinajstić information content (AvgIpc) is 3.23. The van der Waals surface area contributed by atoms with Gasteiger partial charge in [0.05, 0.1) is 12.5 Å². The topological polar surface area (TPSA) is 52.3 Å². The van der Waals surface area contributed by atoms with Gasteiger partial charge in [-0.3, -0.25) is 4.79 Å². The third-order valence-corrected chi connectivity index (χ3v) is 4.22. The van der Waals surface area contributed by atoms with E-state index in [1.165, 1.54) is 19.2 Å². The van der Waals surface area contributed by atoms with Gasteiger partial charge in [0.15, 0.2) is 0 Å². The van der Waals surface area contributed by atoms with Crippen LogP contribution in [-0.4, -0.2) is 19.6 Å². The molecule has 0 bridgehead atoms. The summed E-state index contributed by atoms with van der Waals surface area (Å²) in [7, 11) is 1.40. The fourth-order valence-corrected chi connectivity index (χ4v) is 2.78. The van der Waals surface area contributed by atoms with Crippen molar-refractivity contribution in [1.29, 1.82) is 0 Å². The first-order valence-corrected chi connectivity index (χ1v) is 7.04.